The summed E-state index contributed by atoms with van der Waals surface area (Å²) >= 11 is 0. The predicted molar refractivity (Wildman–Crippen MR) is 103 cm³/mol. The minimum absolute atomic E-state index is 0.0311. The summed E-state index contributed by atoms with van der Waals surface area (Å²) in [6.45, 7) is 0. The Morgan fingerprint density at radius 2 is 2.07 bits per heavy atom. The van der Waals surface area contributed by atoms with E-state index in [0.29, 0.717) is 11.4 Å². The van der Waals surface area contributed by atoms with Crippen LogP contribution in [0, 0.1) is 0 Å². The fraction of sp³-hybridized carbons (Fsp3) is 0.333. The summed E-state index contributed by atoms with van der Waals surface area (Å²) in [6.07, 6.45) is 0.861. The first-order valence-corrected chi connectivity index (χ1v) is 9.77. The third kappa shape index (κ3) is 3.24. The van der Waals surface area contributed by atoms with E-state index in [1.54, 1.807) is 12.1 Å². The first kappa shape index (κ1) is 18.8. The van der Waals surface area contributed by atoms with Gasteiger partial charge >= 0.3 is 6.18 Å². The van der Waals surface area contributed by atoms with Crippen LogP contribution in [0.15, 0.2) is 47.2 Å². The van der Waals surface area contributed by atoms with Gasteiger partial charge in [0.1, 0.15) is 17.1 Å². The summed E-state index contributed by atoms with van der Waals surface area (Å²) in [4.78, 5) is 12.9. The van der Waals surface area contributed by atoms with Gasteiger partial charge < -0.3 is 15.1 Å². The molecule has 30 heavy (non-hydrogen) atoms. The molecule has 0 saturated carbocycles. The molecule has 0 bridgehead atoms. The van der Waals surface area contributed by atoms with Crippen LogP contribution < -0.4 is 10.6 Å². The van der Waals surface area contributed by atoms with E-state index in [9.17, 15) is 18.0 Å². The Kier molecular flexibility index (Phi) is 4.34. The Morgan fingerprint density at radius 3 is 2.83 bits per heavy atom. The topological polar surface area (TPSA) is 72.1 Å². The maximum absolute atomic E-state index is 13.7. The lowest BCUT2D eigenvalue weighted by Crippen LogP contribution is -2.36. The highest BCUT2D eigenvalue weighted by Gasteiger charge is 2.47. The first-order valence-electron chi connectivity index (χ1n) is 9.77. The second-order valence-corrected chi connectivity index (χ2v) is 7.65. The zero-order valence-electron chi connectivity index (χ0n) is 15.9. The zero-order valence-corrected chi connectivity index (χ0v) is 15.9. The molecular weight excluding hydrogens is 397 g/mol. The Balaban J connectivity index is 1.46. The standard InChI is InChI=1S/C21H19F3N4O2/c22-21(23,24)18-10-16(17-5-2-8-30-17)27-19-15(11-25-28(18)19)20(29)26-14-7-6-12-3-1-4-13(12)9-14/h2,5-9,11,16,18,27H,1,3-4,10H2,(H,26,29)/t16-,18-/m0/s1. The Hall–Kier alpha value is -3.23. The fourth-order valence-corrected chi connectivity index (χ4v) is 4.25. The van der Waals surface area contributed by atoms with Gasteiger partial charge in [0.25, 0.3) is 5.91 Å². The fourth-order valence-electron chi connectivity index (χ4n) is 4.25. The van der Waals surface area contributed by atoms with Crippen LogP contribution in [0.25, 0.3) is 0 Å². The van der Waals surface area contributed by atoms with Crippen molar-refractivity contribution in [3.05, 3.63) is 65.2 Å². The smallest absolute Gasteiger partial charge is 0.410 e. The third-order valence-corrected chi connectivity index (χ3v) is 5.73. The number of carbonyl (C=O) groups excluding carboxylic acids is 1. The molecule has 1 aromatic carbocycles. The molecule has 0 unspecified atom stereocenters. The molecule has 3 aromatic rings. The van der Waals surface area contributed by atoms with E-state index < -0.39 is 24.2 Å². The normalized spacial score (nSPS) is 20.4. The number of aromatic nitrogens is 2. The summed E-state index contributed by atoms with van der Waals surface area (Å²) in [5, 5.41) is 9.68. The number of fused-ring (bicyclic) bond motifs is 2. The molecule has 156 valence electrons. The first-order chi connectivity index (χ1) is 14.4. The van der Waals surface area contributed by atoms with Gasteiger partial charge in [-0.1, -0.05) is 6.07 Å². The number of hydrogen-bond acceptors (Lipinski definition) is 4. The molecule has 5 rings (SSSR count). The maximum atomic E-state index is 13.7. The molecule has 2 atom stereocenters. The van der Waals surface area contributed by atoms with Crippen LogP contribution >= 0.6 is 0 Å². The van der Waals surface area contributed by atoms with Crippen LogP contribution in [0.1, 0.15) is 52.2 Å². The minimum atomic E-state index is -4.51. The summed E-state index contributed by atoms with van der Waals surface area (Å²) in [5.74, 6) is -0.104. The average molecular weight is 416 g/mol. The van der Waals surface area contributed by atoms with Gasteiger partial charge in [-0.3, -0.25) is 4.79 Å². The van der Waals surface area contributed by atoms with Gasteiger partial charge in [-0.05, 0) is 54.7 Å². The highest BCUT2D eigenvalue weighted by molar-refractivity contribution is 6.07. The summed E-state index contributed by atoms with van der Waals surface area (Å²) in [7, 11) is 0. The van der Waals surface area contributed by atoms with Crippen molar-refractivity contribution in [2.75, 3.05) is 10.6 Å². The SMILES string of the molecule is O=C(Nc1ccc2c(c1)CCC2)c1cnn2c1N[C@H](c1ccco1)C[C@H]2C(F)(F)F. The highest BCUT2D eigenvalue weighted by atomic mass is 19.4. The quantitative estimate of drug-likeness (QED) is 0.639. The average Bonchev–Trinajstić information content (AvgIpc) is 3.45. The molecule has 6 nitrogen and oxygen atoms in total. The van der Waals surface area contributed by atoms with Crippen LogP contribution in [0.4, 0.5) is 24.7 Å². The minimum Gasteiger partial charge on any atom is -0.467 e. The van der Waals surface area contributed by atoms with E-state index in [1.165, 1.54) is 23.6 Å². The number of halogens is 3. The van der Waals surface area contributed by atoms with Gasteiger partial charge in [0, 0.05) is 12.1 Å². The van der Waals surface area contributed by atoms with E-state index in [2.05, 4.69) is 15.7 Å². The van der Waals surface area contributed by atoms with E-state index >= 15 is 0 Å². The van der Waals surface area contributed by atoms with Crippen molar-refractivity contribution in [3.63, 3.8) is 0 Å². The third-order valence-electron chi connectivity index (χ3n) is 5.73. The van der Waals surface area contributed by atoms with Crippen molar-refractivity contribution in [2.24, 2.45) is 0 Å². The number of furan rings is 1. The molecule has 0 radical (unpaired) electrons. The van der Waals surface area contributed by atoms with Gasteiger partial charge in [-0.25, -0.2) is 4.68 Å². The number of hydrogen-bond donors (Lipinski definition) is 2. The second-order valence-electron chi connectivity index (χ2n) is 7.65. The number of aryl methyl sites for hydroxylation is 2. The molecule has 9 heteroatoms. The van der Waals surface area contributed by atoms with Crippen molar-refractivity contribution in [2.45, 2.75) is 43.9 Å². The number of nitrogens with one attached hydrogen (secondary N) is 2. The maximum Gasteiger partial charge on any atom is 0.410 e. The number of benzene rings is 1. The van der Waals surface area contributed by atoms with Crippen molar-refractivity contribution >= 4 is 17.4 Å². The number of amides is 1. The summed E-state index contributed by atoms with van der Waals surface area (Å²) in [5.41, 5.74) is 3.14. The summed E-state index contributed by atoms with van der Waals surface area (Å²) in [6, 6.07) is 6.38. The van der Waals surface area contributed by atoms with E-state index in [1.807, 2.05) is 18.2 Å². The van der Waals surface area contributed by atoms with E-state index in [-0.39, 0.29) is 17.8 Å². The zero-order chi connectivity index (χ0) is 20.9. The Labute approximate surface area is 170 Å². The van der Waals surface area contributed by atoms with Crippen LogP contribution in [0.2, 0.25) is 0 Å². The lowest BCUT2D eigenvalue weighted by molar-refractivity contribution is -0.174. The molecule has 1 amide bonds. The number of anilines is 2. The number of carbonyl (C=O) groups is 1. The predicted octanol–water partition coefficient (Wildman–Crippen LogP) is 4.88. The van der Waals surface area contributed by atoms with Gasteiger partial charge in [-0.2, -0.15) is 18.3 Å². The Bertz CT molecular complexity index is 1090. The van der Waals surface area contributed by atoms with Crippen LogP contribution in [0.3, 0.4) is 0 Å². The van der Waals surface area contributed by atoms with Crippen LogP contribution in [0.5, 0.6) is 0 Å². The number of rotatable bonds is 3. The van der Waals surface area contributed by atoms with Crippen molar-refractivity contribution in [1.82, 2.24) is 9.78 Å². The largest absolute Gasteiger partial charge is 0.467 e. The lowest BCUT2D eigenvalue weighted by Gasteiger charge is -2.32. The monoisotopic (exact) mass is 416 g/mol. The molecule has 2 aliphatic rings. The number of nitrogens with zero attached hydrogens (tertiary/aromatic N) is 2. The van der Waals surface area contributed by atoms with Crippen LogP contribution in [-0.4, -0.2) is 21.9 Å². The van der Waals surface area contributed by atoms with E-state index in [0.717, 1.165) is 23.9 Å². The highest BCUT2D eigenvalue weighted by Crippen LogP contribution is 2.44. The van der Waals surface area contributed by atoms with Gasteiger partial charge in [0.05, 0.1) is 18.5 Å². The van der Waals surface area contributed by atoms with Crippen molar-refractivity contribution < 1.29 is 22.4 Å². The molecule has 1 aliphatic heterocycles. The van der Waals surface area contributed by atoms with Crippen molar-refractivity contribution in [3.8, 4) is 0 Å². The van der Waals surface area contributed by atoms with Crippen molar-refractivity contribution in [1.29, 1.82) is 0 Å². The molecule has 2 aromatic heterocycles. The Morgan fingerprint density at radius 1 is 1.23 bits per heavy atom. The van der Waals surface area contributed by atoms with Gasteiger partial charge in [-0.15, -0.1) is 0 Å². The molecule has 1 aliphatic carbocycles. The molecule has 3 heterocycles. The lowest BCUT2D eigenvalue weighted by atomic mass is 10.0. The molecule has 0 saturated heterocycles. The summed E-state index contributed by atoms with van der Waals surface area (Å²) < 4.78 is 47.2. The van der Waals surface area contributed by atoms with Gasteiger partial charge in [0.2, 0.25) is 0 Å². The molecule has 0 spiro atoms. The molecular formula is C21H19F3N4O2. The second kappa shape index (κ2) is 6.93. The molecule has 2 N–H and O–H groups in total. The number of alkyl halides is 3. The van der Waals surface area contributed by atoms with Gasteiger partial charge in [0.15, 0.2) is 6.04 Å². The van der Waals surface area contributed by atoms with Crippen LogP contribution in [-0.2, 0) is 12.8 Å². The van der Waals surface area contributed by atoms with E-state index in [4.69, 9.17) is 4.42 Å². The molecule has 0 fully saturated rings.